The van der Waals surface area contributed by atoms with Crippen LogP contribution in [0.1, 0.15) is 39.5 Å². The van der Waals surface area contributed by atoms with E-state index < -0.39 is 0 Å². The highest BCUT2D eigenvalue weighted by molar-refractivity contribution is 14.0. The molecule has 114 valence electrons. The fourth-order valence-electron chi connectivity index (χ4n) is 2.92. The van der Waals surface area contributed by atoms with Crippen molar-refractivity contribution in [2.75, 3.05) is 40.3 Å². The zero-order valence-electron chi connectivity index (χ0n) is 13.0. The molecule has 5 heteroatoms. The zero-order valence-corrected chi connectivity index (χ0v) is 15.3. The fraction of sp³-hybridized carbons (Fsp3) is 0.929. The maximum absolute atomic E-state index is 4.78. The van der Waals surface area contributed by atoms with Crippen molar-refractivity contribution in [2.45, 2.75) is 39.5 Å². The Hall–Kier alpha value is -0.0400. The molecule has 2 N–H and O–H groups in total. The average Bonchev–Trinajstić information content (AvgIpc) is 2.75. The number of halogens is 1. The SMILES string of the molecule is CCNC(=NCC1(CN(C)C)CCCC1)NCC.I. The van der Waals surface area contributed by atoms with Crippen molar-refractivity contribution >= 4 is 29.9 Å². The highest BCUT2D eigenvalue weighted by Gasteiger charge is 2.34. The first-order valence-electron chi connectivity index (χ1n) is 7.29. The molecule has 4 nitrogen and oxygen atoms in total. The Kier molecular flexibility index (Phi) is 9.78. The molecular formula is C14H31IN4. The normalized spacial score (nSPS) is 16.9. The number of nitrogens with zero attached hydrogens (tertiary/aromatic N) is 2. The van der Waals surface area contributed by atoms with Crippen molar-refractivity contribution in [1.82, 2.24) is 15.5 Å². The number of hydrogen-bond acceptors (Lipinski definition) is 2. The molecule has 19 heavy (non-hydrogen) atoms. The van der Waals surface area contributed by atoms with Crippen LogP contribution in [0.5, 0.6) is 0 Å². The molecule has 1 rings (SSSR count). The second-order valence-electron chi connectivity index (χ2n) is 5.67. The van der Waals surface area contributed by atoms with Gasteiger partial charge in [-0.1, -0.05) is 12.8 Å². The summed E-state index contributed by atoms with van der Waals surface area (Å²) in [5.41, 5.74) is 0.402. The van der Waals surface area contributed by atoms with Gasteiger partial charge in [-0.2, -0.15) is 0 Å². The van der Waals surface area contributed by atoms with E-state index in [-0.39, 0.29) is 24.0 Å². The lowest BCUT2D eigenvalue weighted by molar-refractivity contribution is 0.210. The van der Waals surface area contributed by atoms with Crippen molar-refractivity contribution in [1.29, 1.82) is 0 Å². The predicted octanol–water partition coefficient (Wildman–Crippen LogP) is 2.30. The third-order valence-electron chi connectivity index (χ3n) is 3.58. The van der Waals surface area contributed by atoms with Crippen LogP contribution in [0.25, 0.3) is 0 Å². The molecular weight excluding hydrogens is 351 g/mol. The van der Waals surface area contributed by atoms with Gasteiger partial charge in [0.15, 0.2) is 5.96 Å². The molecule has 0 aromatic rings. The number of hydrogen-bond donors (Lipinski definition) is 2. The maximum atomic E-state index is 4.78. The van der Waals surface area contributed by atoms with E-state index in [1.807, 2.05) is 0 Å². The maximum Gasteiger partial charge on any atom is 0.191 e. The van der Waals surface area contributed by atoms with E-state index in [4.69, 9.17) is 4.99 Å². The molecule has 0 heterocycles. The molecule has 0 aromatic carbocycles. The van der Waals surface area contributed by atoms with Crippen LogP contribution in [0.4, 0.5) is 0 Å². The Balaban J connectivity index is 0.00000324. The van der Waals surface area contributed by atoms with Crippen molar-refractivity contribution in [2.24, 2.45) is 10.4 Å². The third kappa shape index (κ3) is 6.79. The highest BCUT2D eigenvalue weighted by atomic mass is 127. The lowest BCUT2D eigenvalue weighted by atomic mass is 9.86. The number of aliphatic imine (C=N–C) groups is 1. The lowest BCUT2D eigenvalue weighted by Crippen LogP contribution is -2.39. The summed E-state index contributed by atoms with van der Waals surface area (Å²) >= 11 is 0. The molecule has 1 saturated carbocycles. The monoisotopic (exact) mass is 382 g/mol. The Morgan fingerprint density at radius 2 is 1.63 bits per heavy atom. The van der Waals surface area contributed by atoms with E-state index in [0.717, 1.165) is 32.1 Å². The Labute approximate surface area is 135 Å². The van der Waals surface area contributed by atoms with Gasteiger partial charge in [0.05, 0.1) is 0 Å². The van der Waals surface area contributed by atoms with Gasteiger partial charge in [0.2, 0.25) is 0 Å². The topological polar surface area (TPSA) is 39.7 Å². The van der Waals surface area contributed by atoms with Crippen molar-refractivity contribution < 1.29 is 0 Å². The Morgan fingerprint density at radius 3 is 2.05 bits per heavy atom. The Bertz CT molecular complexity index is 252. The minimum atomic E-state index is 0. The molecule has 0 saturated heterocycles. The minimum absolute atomic E-state index is 0. The van der Waals surface area contributed by atoms with Crippen LogP contribution in [0.3, 0.4) is 0 Å². The van der Waals surface area contributed by atoms with Gasteiger partial charge in [-0.05, 0) is 40.8 Å². The van der Waals surface area contributed by atoms with Gasteiger partial charge in [0, 0.05) is 31.6 Å². The zero-order chi connectivity index (χ0) is 13.4. The summed E-state index contributed by atoms with van der Waals surface area (Å²) in [5.74, 6) is 0.963. The molecule has 0 aliphatic heterocycles. The fourth-order valence-corrected chi connectivity index (χ4v) is 2.92. The van der Waals surface area contributed by atoms with Gasteiger partial charge in [-0.15, -0.1) is 24.0 Å². The largest absolute Gasteiger partial charge is 0.357 e. The molecule has 0 spiro atoms. The molecule has 0 unspecified atom stereocenters. The van der Waals surface area contributed by atoms with Crippen LogP contribution >= 0.6 is 24.0 Å². The lowest BCUT2D eigenvalue weighted by Gasteiger charge is -2.30. The highest BCUT2D eigenvalue weighted by Crippen LogP contribution is 2.38. The molecule has 0 amide bonds. The van der Waals surface area contributed by atoms with Gasteiger partial charge in [-0.25, -0.2) is 0 Å². The van der Waals surface area contributed by atoms with E-state index in [1.54, 1.807) is 0 Å². The van der Waals surface area contributed by atoms with E-state index in [2.05, 4.69) is 43.5 Å². The van der Waals surface area contributed by atoms with Crippen LogP contribution in [0.2, 0.25) is 0 Å². The molecule has 0 bridgehead atoms. The van der Waals surface area contributed by atoms with Crippen LogP contribution in [0.15, 0.2) is 4.99 Å². The molecule has 1 fully saturated rings. The van der Waals surface area contributed by atoms with E-state index in [1.165, 1.54) is 25.7 Å². The van der Waals surface area contributed by atoms with Crippen LogP contribution in [0, 0.1) is 5.41 Å². The van der Waals surface area contributed by atoms with Gasteiger partial charge < -0.3 is 15.5 Å². The van der Waals surface area contributed by atoms with Crippen molar-refractivity contribution in [3.05, 3.63) is 0 Å². The summed E-state index contributed by atoms with van der Waals surface area (Å²) in [7, 11) is 4.33. The molecule has 1 aliphatic carbocycles. The first-order valence-corrected chi connectivity index (χ1v) is 7.29. The van der Waals surface area contributed by atoms with Gasteiger partial charge in [0.1, 0.15) is 0 Å². The smallest absolute Gasteiger partial charge is 0.191 e. The van der Waals surface area contributed by atoms with Gasteiger partial charge in [0.25, 0.3) is 0 Å². The van der Waals surface area contributed by atoms with Crippen molar-refractivity contribution in [3.8, 4) is 0 Å². The van der Waals surface area contributed by atoms with E-state index in [9.17, 15) is 0 Å². The number of guanidine groups is 1. The quantitative estimate of drug-likeness (QED) is 0.421. The van der Waals surface area contributed by atoms with Gasteiger partial charge >= 0.3 is 0 Å². The van der Waals surface area contributed by atoms with Crippen LogP contribution < -0.4 is 10.6 Å². The second kappa shape index (κ2) is 9.80. The molecule has 0 radical (unpaired) electrons. The summed E-state index contributed by atoms with van der Waals surface area (Å²) < 4.78 is 0. The number of rotatable bonds is 6. The summed E-state index contributed by atoms with van der Waals surface area (Å²) in [4.78, 5) is 7.08. The summed E-state index contributed by atoms with van der Waals surface area (Å²) in [6.07, 6.45) is 5.36. The van der Waals surface area contributed by atoms with E-state index in [0.29, 0.717) is 5.41 Å². The van der Waals surface area contributed by atoms with Crippen LogP contribution in [-0.2, 0) is 0 Å². The summed E-state index contributed by atoms with van der Waals surface area (Å²) in [6, 6.07) is 0. The minimum Gasteiger partial charge on any atom is -0.357 e. The average molecular weight is 382 g/mol. The third-order valence-corrected chi connectivity index (χ3v) is 3.58. The van der Waals surface area contributed by atoms with E-state index >= 15 is 0 Å². The van der Waals surface area contributed by atoms with Crippen molar-refractivity contribution in [3.63, 3.8) is 0 Å². The molecule has 1 aliphatic rings. The number of nitrogens with one attached hydrogen (secondary N) is 2. The first-order chi connectivity index (χ1) is 8.62. The second-order valence-corrected chi connectivity index (χ2v) is 5.67. The van der Waals surface area contributed by atoms with Gasteiger partial charge in [-0.3, -0.25) is 4.99 Å². The van der Waals surface area contributed by atoms with Crippen LogP contribution in [-0.4, -0.2) is 51.1 Å². The summed E-state index contributed by atoms with van der Waals surface area (Å²) in [5, 5.41) is 6.61. The predicted molar refractivity (Wildman–Crippen MR) is 94.5 cm³/mol. The molecule has 0 atom stereocenters. The first kappa shape index (κ1) is 19.0. The summed E-state index contributed by atoms with van der Waals surface area (Å²) in [6.45, 7) is 8.16. The molecule has 0 aromatic heterocycles. The standard InChI is InChI=1S/C14H30N4.HI/c1-5-15-13(16-6-2)17-11-14(12-18(3)4)9-7-8-10-14;/h5-12H2,1-4H3,(H2,15,16,17);1H. The Morgan fingerprint density at radius 1 is 1.11 bits per heavy atom.